The Kier molecular flexibility index (Phi) is 2.25. The van der Waals surface area contributed by atoms with E-state index in [1.165, 1.54) is 12.8 Å². The van der Waals surface area contributed by atoms with Crippen LogP contribution >= 0.6 is 11.3 Å². The molecule has 0 saturated heterocycles. The van der Waals surface area contributed by atoms with Gasteiger partial charge in [0, 0.05) is 12.1 Å². The molecule has 0 bridgehead atoms. The Morgan fingerprint density at radius 3 is 2.94 bits per heavy atom. The van der Waals surface area contributed by atoms with Gasteiger partial charge in [-0.05, 0) is 24.3 Å². The van der Waals surface area contributed by atoms with E-state index in [0.717, 1.165) is 10.6 Å². The molecule has 2 aromatic rings. The van der Waals surface area contributed by atoms with E-state index in [1.807, 2.05) is 23.6 Å². The van der Waals surface area contributed by atoms with Crippen LogP contribution in [0.15, 0.2) is 23.6 Å². The number of nitrogens with two attached hydrogens (primary N) is 1. The molecule has 0 amide bonds. The zero-order valence-corrected chi connectivity index (χ0v) is 9.50. The van der Waals surface area contributed by atoms with Gasteiger partial charge in [-0.2, -0.15) is 4.98 Å². The third-order valence-corrected chi connectivity index (χ3v) is 3.32. The minimum absolute atomic E-state index is 0.515. The minimum atomic E-state index is 0.515. The summed E-state index contributed by atoms with van der Waals surface area (Å²) >= 11 is 1.65. The molecule has 0 unspecified atom stereocenters. The molecule has 2 aromatic heterocycles. The Bertz CT molecular complexity index is 491. The van der Waals surface area contributed by atoms with E-state index in [0.29, 0.717) is 17.8 Å². The fourth-order valence-electron chi connectivity index (χ4n) is 1.49. The molecule has 0 radical (unpaired) electrons. The minimum Gasteiger partial charge on any atom is -0.384 e. The van der Waals surface area contributed by atoms with Crippen LogP contribution in [0.25, 0.3) is 10.6 Å². The van der Waals surface area contributed by atoms with Crippen LogP contribution in [0.3, 0.4) is 0 Å². The van der Waals surface area contributed by atoms with Crippen LogP contribution in [-0.2, 0) is 0 Å². The molecule has 3 rings (SSSR count). The highest BCUT2D eigenvalue weighted by Gasteiger charge is 2.22. The van der Waals surface area contributed by atoms with E-state index in [1.54, 1.807) is 11.3 Å². The van der Waals surface area contributed by atoms with Crippen LogP contribution in [-0.4, -0.2) is 16.0 Å². The average Bonchev–Trinajstić information content (AvgIpc) is 2.90. The Labute approximate surface area is 97.5 Å². The van der Waals surface area contributed by atoms with E-state index < -0.39 is 0 Å². The van der Waals surface area contributed by atoms with Gasteiger partial charge in [-0.3, -0.25) is 0 Å². The number of nitrogens with one attached hydrogen (secondary N) is 1. The first-order valence-corrected chi connectivity index (χ1v) is 6.14. The van der Waals surface area contributed by atoms with Crippen molar-refractivity contribution in [3.63, 3.8) is 0 Å². The smallest absolute Gasteiger partial charge is 0.225 e. The van der Waals surface area contributed by atoms with Crippen molar-refractivity contribution >= 4 is 23.1 Å². The van der Waals surface area contributed by atoms with Crippen LogP contribution in [0.5, 0.6) is 0 Å². The first-order chi connectivity index (χ1) is 7.81. The number of hydrogen-bond acceptors (Lipinski definition) is 5. The molecule has 1 fully saturated rings. The number of rotatable bonds is 3. The van der Waals surface area contributed by atoms with Crippen molar-refractivity contribution in [2.75, 3.05) is 11.1 Å². The van der Waals surface area contributed by atoms with Crippen molar-refractivity contribution in [1.29, 1.82) is 0 Å². The average molecular weight is 232 g/mol. The van der Waals surface area contributed by atoms with Gasteiger partial charge < -0.3 is 11.1 Å². The molecule has 4 nitrogen and oxygen atoms in total. The van der Waals surface area contributed by atoms with E-state index in [-0.39, 0.29) is 0 Å². The highest BCUT2D eigenvalue weighted by Crippen LogP contribution is 2.27. The van der Waals surface area contributed by atoms with Gasteiger partial charge in [0.15, 0.2) is 0 Å². The Balaban J connectivity index is 1.95. The second-order valence-electron chi connectivity index (χ2n) is 3.90. The van der Waals surface area contributed by atoms with Crippen molar-refractivity contribution in [1.82, 2.24) is 9.97 Å². The Hall–Kier alpha value is -1.62. The molecule has 82 valence electrons. The molecule has 3 N–H and O–H groups in total. The van der Waals surface area contributed by atoms with Crippen LogP contribution in [0.4, 0.5) is 11.8 Å². The fraction of sp³-hybridized carbons (Fsp3) is 0.273. The summed E-state index contributed by atoms with van der Waals surface area (Å²) in [6.07, 6.45) is 2.40. The number of anilines is 2. The zero-order chi connectivity index (χ0) is 11.0. The molecule has 0 aliphatic heterocycles. The van der Waals surface area contributed by atoms with Gasteiger partial charge >= 0.3 is 0 Å². The number of aromatic nitrogens is 2. The molecule has 0 atom stereocenters. The number of thiophene rings is 1. The summed E-state index contributed by atoms with van der Waals surface area (Å²) < 4.78 is 0. The van der Waals surface area contributed by atoms with Gasteiger partial charge in [0.25, 0.3) is 0 Å². The normalized spacial score (nSPS) is 15.0. The van der Waals surface area contributed by atoms with Crippen LogP contribution in [0, 0.1) is 0 Å². The summed E-state index contributed by atoms with van der Waals surface area (Å²) in [6.45, 7) is 0. The van der Waals surface area contributed by atoms with E-state index in [4.69, 9.17) is 5.73 Å². The van der Waals surface area contributed by atoms with E-state index in [2.05, 4.69) is 15.3 Å². The van der Waals surface area contributed by atoms with Gasteiger partial charge in [0.05, 0.1) is 10.6 Å². The zero-order valence-electron chi connectivity index (χ0n) is 8.68. The third kappa shape index (κ3) is 1.99. The summed E-state index contributed by atoms with van der Waals surface area (Å²) in [5.74, 6) is 1.16. The number of hydrogen-bond donors (Lipinski definition) is 2. The predicted molar refractivity (Wildman–Crippen MR) is 66.4 cm³/mol. The topological polar surface area (TPSA) is 63.8 Å². The molecule has 1 aliphatic rings. The van der Waals surface area contributed by atoms with Crippen LogP contribution in [0.1, 0.15) is 12.8 Å². The van der Waals surface area contributed by atoms with E-state index >= 15 is 0 Å². The van der Waals surface area contributed by atoms with Gasteiger partial charge in [0.2, 0.25) is 5.95 Å². The summed E-state index contributed by atoms with van der Waals surface area (Å²) in [7, 11) is 0. The molecule has 1 aliphatic carbocycles. The van der Waals surface area contributed by atoms with Gasteiger partial charge in [-0.15, -0.1) is 11.3 Å². The maximum Gasteiger partial charge on any atom is 0.225 e. The van der Waals surface area contributed by atoms with Crippen LogP contribution in [0.2, 0.25) is 0 Å². The largest absolute Gasteiger partial charge is 0.384 e. The Morgan fingerprint density at radius 1 is 1.38 bits per heavy atom. The molecular weight excluding hydrogens is 220 g/mol. The van der Waals surface area contributed by atoms with Crippen molar-refractivity contribution < 1.29 is 0 Å². The highest BCUT2D eigenvalue weighted by atomic mass is 32.1. The molecule has 1 saturated carbocycles. The number of nitrogen functional groups attached to an aromatic ring is 1. The predicted octanol–water partition coefficient (Wildman–Crippen LogP) is 2.36. The first kappa shape index (κ1) is 9.59. The summed E-state index contributed by atoms with van der Waals surface area (Å²) in [4.78, 5) is 9.77. The standard InChI is InChI=1S/C11H12N4S/c12-10-6-8(9-2-1-5-16-9)14-11(15-10)13-7-3-4-7/h1-2,5-7H,3-4H2,(H3,12,13,14,15). The quantitative estimate of drug-likeness (QED) is 0.852. The monoisotopic (exact) mass is 232 g/mol. The Morgan fingerprint density at radius 2 is 2.25 bits per heavy atom. The van der Waals surface area contributed by atoms with Gasteiger partial charge in [0.1, 0.15) is 5.82 Å². The lowest BCUT2D eigenvalue weighted by molar-refractivity contribution is 1.06. The molecular formula is C11H12N4S. The van der Waals surface area contributed by atoms with E-state index in [9.17, 15) is 0 Å². The molecule has 16 heavy (non-hydrogen) atoms. The van der Waals surface area contributed by atoms with Gasteiger partial charge in [-0.1, -0.05) is 6.07 Å². The van der Waals surface area contributed by atoms with Crippen molar-refractivity contribution in [2.45, 2.75) is 18.9 Å². The molecule has 2 heterocycles. The second-order valence-corrected chi connectivity index (χ2v) is 4.85. The SMILES string of the molecule is Nc1cc(-c2cccs2)nc(NC2CC2)n1. The third-order valence-electron chi connectivity index (χ3n) is 2.43. The lowest BCUT2D eigenvalue weighted by Gasteiger charge is -2.05. The van der Waals surface area contributed by atoms with Crippen molar-refractivity contribution in [2.24, 2.45) is 0 Å². The lowest BCUT2D eigenvalue weighted by atomic mass is 10.3. The fourth-order valence-corrected chi connectivity index (χ4v) is 2.18. The molecule has 5 heteroatoms. The van der Waals surface area contributed by atoms with Crippen LogP contribution < -0.4 is 11.1 Å². The molecule has 0 spiro atoms. The first-order valence-electron chi connectivity index (χ1n) is 5.26. The molecule has 0 aromatic carbocycles. The summed E-state index contributed by atoms with van der Waals surface area (Å²) in [5, 5.41) is 5.29. The van der Waals surface area contributed by atoms with Crippen molar-refractivity contribution in [3.8, 4) is 10.6 Å². The lowest BCUT2D eigenvalue weighted by Crippen LogP contribution is -2.07. The summed E-state index contributed by atoms with van der Waals surface area (Å²) in [5.41, 5.74) is 6.67. The second kappa shape index (κ2) is 3.75. The highest BCUT2D eigenvalue weighted by molar-refractivity contribution is 7.13. The van der Waals surface area contributed by atoms with Crippen molar-refractivity contribution in [3.05, 3.63) is 23.6 Å². The number of nitrogens with zero attached hydrogens (tertiary/aromatic N) is 2. The van der Waals surface area contributed by atoms with Gasteiger partial charge in [-0.25, -0.2) is 4.98 Å². The summed E-state index contributed by atoms with van der Waals surface area (Å²) in [6, 6.07) is 6.39. The maximum atomic E-state index is 5.78. The maximum absolute atomic E-state index is 5.78.